The lowest BCUT2D eigenvalue weighted by Gasteiger charge is -2.06. The Bertz CT molecular complexity index is 842. The number of fused-ring (bicyclic) bond motifs is 1. The predicted molar refractivity (Wildman–Crippen MR) is 96.3 cm³/mol. The molecular formula is C20H22N2O2. The summed E-state index contributed by atoms with van der Waals surface area (Å²) < 4.78 is 11.8. The van der Waals surface area contributed by atoms with E-state index in [2.05, 4.69) is 11.4 Å². The second-order valence-electron chi connectivity index (χ2n) is 5.04. The van der Waals surface area contributed by atoms with Crippen LogP contribution in [0.5, 0.6) is 11.5 Å². The lowest BCUT2D eigenvalue weighted by Crippen LogP contribution is -2.05. The Hall–Kier alpha value is -2.77. The molecule has 4 heteroatoms. The molecule has 0 saturated carbocycles. The predicted octanol–water partition coefficient (Wildman–Crippen LogP) is 5.15. The highest BCUT2D eigenvalue weighted by Gasteiger charge is 2.14. The summed E-state index contributed by atoms with van der Waals surface area (Å²) in [5.41, 5.74) is 2.49. The molecule has 1 heterocycles. The smallest absolute Gasteiger partial charge is 0.177 e. The topological polar surface area (TPSA) is 58.2 Å². The van der Waals surface area contributed by atoms with Crippen LogP contribution in [0.1, 0.15) is 30.7 Å². The van der Waals surface area contributed by atoms with E-state index in [9.17, 15) is 0 Å². The number of hydrogen-bond acceptors (Lipinski definition) is 4. The fourth-order valence-electron chi connectivity index (χ4n) is 2.46. The molecule has 24 heavy (non-hydrogen) atoms. The maximum absolute atomic E-state index is 8.83. The molecule has 2 aromatic carbocycles. The van der Waals surface area contributed by atoms with Gasteiger partial charge >= 0.3 is 0 Å². The second-order valence-corrected chi connectivity index (χ2v) is 5.04. The molecule has 1 aromatic heterocycles. The molecular weight excluding hydrogens is 300 g/mol. The average Bonchev–Trinajstić information content (AvgIpc) is 2.95. The van der Waals surface area contributed by atoms with Gasteiger partial charge in [0, 0.05) is 17.5 Å². The number of rotatable bonds is 4. The minimum absolute atomic E-state index is 0.607. The van der Waals surface area contributed by atoms with Crippen molar-refractivity contribution in [2.75, 3.05) is 7.05 Å². The molecule has 0 fully saturated rings. The van der Waals surface area contributed by atoms with Crippen molar-refractivity contribution in [3.05, 3.63) is 59.4 Å². The minimum Gasteiger partial charge on any atom is -0.457 e. The van der Waals surface area contributed by atoms with Crippen molar-refractivity contribution in [3.63, 3.8) is 0 Å². The molecule has 3 aromatic rings. The maximum atomic E-state index is 8.83. The molecule has 0 amide bonds. The molecule has 0 unspecified atom stereocenters. The van der Waals surface area contributed by atoms with Gasteiger partial charge in [-0.1, -0.05) is 26.0 Å². The van der Waals surface area contributed by atoms with Gasteiger partial charge in [0.25, 0.3) is 0 Å². The van der Waals surface area contributed by atoms with Gasteiger partial charge in [-0.25, -0.2) is 0 Å². The Kier molecular flexibility index (Phi) is 6.00. The first kappa shape index (κ1) is 17.6. The Labute approximate surface area is 142 Å². The summed E-state index contributed by atoms with van der Waals surface area (Å²) in [5.74, 6) is 2.24. The van der Waals surface area contributed by atoms with Crippen LogP contribution in [0, 0.1) is 18.3 Å². The van der Waals surface area contributed by atoms with Crippen molar-refractivity contribution in [2.24, 2.45) is 0 Å². The van der Waals surface area contributed by atoms with Crippen LogP contribution in [-0.2, 0) is 6.54 Å². The van der Waals surface area contributed by atoms with E-state index in [1.54, 1.807) is 24.3 Å². The number of benzene rings is 2. The second kappa shape index (κ2) is 8.19. The fourth-order valence-corrected chi connectivity index (χ4v) is 2.46. The fraction of sp³-hybridized carbons (Fsp3) is 0.250. The molecule has 0 spiro atoms. The van der Waals surface area contributed by atoms with Crippen molar-refractivity contribution in [1.29, 1.82) is 5.26 Å². The van der Waals surface area contributed by atoms with Crippen molar-refractivity contribution in [2.45, 2.75) is 27.3 Å². The normalized spacial score (nSPS) is 9.96. The number of aryl methyl sites for hydroxylation is 1. The monoisotopic (exact) mass is 322 g/mol. The van der Waals surface area contributed by atoms with Crippen LogP contribution in [0.4, 0.5) is 0 Å². The van der Waals surface area contributed by atoms with E-state index in [0.717, 1.165) is 28.8 Å². The summed E-state index contributed by atoms with van der Waals surface area (Å²) in [6.45, 7) is 6.71. The van der Waals surface area contributed by atoms with E-state index in [0.29, 0.717) is 17.1 Å². The van der Waals surface area contributed by atoms with Gasteiger partial charge in [-0.05, 0) is 44.3 Å². The SMILES string of the molecule is CC.CNCc1c(C)oc2c(Oc3ccc(C#N)cc3)cccc12. The molecule has 0 aliphatic rings. The van der Waals surface area contributed by atoms with Gasteiger partial charge < -0.3 is 14.5 Å². The molecule has 124 valence electrons. The molecule has 0 bridgehead atoms. The zero-order chi connectivity index (χ0) is 17.5. The number of nitrogens with zero attached hydrogens (tertiary/aromatic N) is 1. The number of hydrogen-bond donors (Lipinski definition) is 1. The van der Waals surface area contributed by atoms with E-state index in [-0.39, 0.29) is 0 Å². The largest absolute Gasteiger partial charge is 0.457 e. The van der Waals surface area contributed by atoms with E-state index >= 15 is 0 Å². The molecule has 4 nitrogen and oxygen atoms in total. The van der Waals surface area contributed by atoms with E-state index in [4.69, 9.17) is 14.4 Å². The maximum Gasteiger partial charge on any atom is 0.177 e. The van der Waals surface area contributed by atoms with Crippen LogP contribution in [0.15, 0.2) is 46.9 Å². The summed E-state index contributed by atoms with van der Waals surface area (Å²) in [4.78, 5) is 0. The zero-order valence-electron chi connectivity index (χ0n) is 14.5. The Morgan fingerprint density at radius 1 is 1.12 bits per heavy atom. The van der Waals surface area contributed by atoms with Crippen LogP contribution < -0.4 is 10.1 Å². The molecule has 3 rings (SSSR count). The first-order chi connectivity index (χ1) is 11.7. The van der Waals surface area contributed by atoms with Gasteiger partial charge in [0.1, 0.15) is 11.5 Å². The van der Waals surface area contributed by atoms with Crippen LogP contribution in [0.25, 0.3) is 11.0 Å². The highest BCUT2D eigenvalue weighted by Crippen LogP contribution is 2.35. The van der Waals surface area contributed by atoms with Gasteiger partial charge in [-0.3, -0.25) is 0 Å². The van der Waals surface area contributed by atoms with Crippen molar-refractivity contribution >= 4 is 11.0 Å². The van der Waals surface area contributed by atoms with E-state index in [1.165, 1.54) is 0 Å². The Morgan fingerprint density at radius 2 is 1.83 bits per heavy atom. The quantitative estimate of drug-likeness (QED) is 0.721. The van der Waals surface area contributed by atoms with E-state index < -0.39 is 0 Å². The van der Waals surface area contributed by atoms with Gasteiger partial charge in [0.15, 0.2) is 11.3 Å². The van der Waals surface area contributed by atoms with Gasteiger partial charge in [0.05, 0.1) is 11.6 Å². The molecule has 0 aliphatic carbocycles. The van der Waals surface area contributed by atoms with Crippen LogP contribution >= 0.6 is 0 Å². The summed E-state index contributed by atoms with van der Waals surface area (Å²) in [7, 11) is 1.91. The third-order valence-corrected chi connectivity index (χ3v) is 3.55. The molecule has 0 radical (unpaired) electrons. The highest BCUT2D eigenvalue weighted by atomic mass is 16.5. The standard InChI is InChI=1S/C18H16N2O2.C2H6/c1-12-16(11-20-2)15-4-3-5-17(18(15)21-12)22-14-8-6-13(10-19)7-9-14;1-2/h3-9,20H,11H2,1-2H3;1-2H3. The third-order valence-electron chi connectivity index (χ3n) is 3.55. The van der Waals surface area contributed by atoms with Gasteiger partial charge in [0.2, 0.25) is 0 Å². The molecule has 0 aliphatic heterocycles. The van der Waals surface area contributed by atoms with Crippen molar-refractivity contribution < 1.29 is 9.15 Å². The Balaban J connectivity index is 0.00000100. The highest BCUT2D eigenvalue weighted by molar-refractivity contribution is 5.87. The van der Waals surface area contributed by atoms with Gasteiger partial charge in [-0.15, -0.1) is 0 Å². The zero-order valence-corrected chi connectivity index (χ0v) is 14.5. The number of ether oxygens (including phenoxy) is 1. The van der Waals surface area contributed by atoms with Crippen LogP contribution in [0.3, 0.4) is 0 Å². The van der Waals surface area contributed by atoms with E-state index in [1.807, 2.05) is 46.0 Å². The number of para-hydroxylation sites is 1. The number of nitriles is 1. The van der Waals surface area contributed by atoms with Crippen LogP contribution in [0.2, 0.25) is 0 Å². The molecule has 0 atom stereocenters. The first-order valence-electron chi connectivity index (χ1n) is 8.06. The average molecular weight is 322 g/mol. The van der Waals surface area contributed by atoms with Gasteiger partial charge in [-0.2, -0.15) is 5.26 Å². The summed E-state index contributed by atoms with van der Waals surface area (Å²) in [6.07, 6.45) is 0. The van der Waals surface area contributed by atoms with Crippen molar-refractivity contribution in [1.82, 2.24) is 5.32 Å². The number of nitrogens with one attached hydrogen (secondary N) is 1. The van der Waals surface area contributed by atoms with Crippen molar-refractivity contribution in [3.8, 4) is 17.6 Å². The molecule has 1 N–H and O–H groups in total. The first-order valence-corrected chi connectivity index (χ1v) is 8.06. The lowest BCUT2D eigenvalue weighted by atomic mass is 10.1. The Morgan fingerprint density at radius 3 is 2.46 bits per heavy atom. The molecule has 0 saturated heterocycles. The third kappa shape index (κ3) is 3.58. The number of furan rings is 1. The summed E-state index contributed by atoms with van der Waals surface area (Å²) >= 11 is 0. The summed E-state index contributed by atoms with van der Waals surface area (Å²) in [5, 5.41) is 13.0. The minimum atomic E-state index is 0.607. The van der Waals surface area contributed by atoms with Crippen LogP contribution in [-0.4, -0.2) is 7.05 Å². The lowest BCUT2D eigenvalue weighted by molar-refractivity contribution is 0.468. The summed E-state index contributed by atoms with van der Waals surface area (Å²) in [6, 6.07) is 15.0.